The monoisotopic (exact) mass is 628 g/mol. The van der Waals surface area contributed by atoms with Gasteiger partial charge in [0.2, 0.25) is 16.6 Å². The van der Waals surface area contributed by atoms with Crippen LogP contribution in [0.5, 0.6) is 11.5 Å². The molecule has 3 nitrogen and oxygen atoms in total. The number of benzene rings is 1. The van der Waals surface area contributed by atoms with E-state index in [1.165, 1.54) is 48.0 Å². The molecule has 0 unspecified atom stereocenters. The minimum absolute atomic E-state index is 0.0186. The lowest BCUT2D eigenvalue weighted by atomic mass is 9.70. The molecule has 0 amide bonds. The molecule has 2 atom stereocenters. The summed E-state index contributed by atoms with van der Waals surface area (Å²) in [6.07, 6.45) is 11.3. The molecule has 0 bridgehead atoms. The molecule has 2 rings (SSSR count). The van der Waals surface area contributed by atoms with Crippen molar-refractivity contribution in [3.05, 3.63) is 47.2 Å². The lowest BCUT2D eigenvalue weighted by Crippen LogP contribution is -2.45. The molecule has 1 aliphatic carbocycles. The predicted molar refractivity (Wildman–Crippen MR) is 194 cm³/mol. The molecular formula is C38H68O3Si2. The van der Waals surface area contributed by atoms with E-state index in [1.807, 2.05) is 6.26 Å². The number of allylic oxidation sites excluding steroid dienone is 2. The van der Waals surface area contributed by atoms with Crippen molar-refractivity contribution in [1.82, 2.24) is 0 Å². The Hall–Kier alpha value is -1.47. The molecule has 5 heteroatoms. The normalized spacial score (nSPS) is 19.8. The van der Waals surface area contributed by atoms with E-state index >= 15 is 0 Å². The lowest BCUT2D eigenvalue weighted by molar-refractivity contribution is 0.315. The molecule has 0 radical (unpaired) electrons. The van der Waals surface area contributed by atoms with E-state index in [0.717, 1.165) is 37.2 Å². The second-order valence-corrected chi connectivity index (χ2v) is 26.6. The molecule has 0 aromatic heterocycles. The highest BCUT2D eigenvalue weighted by molar-refractivity contribution is 6.75. The minimum atomic E-state index is -2.16. The summed E-state index contributed by atoms with van der Waals surface area (Å²) in [7, 11) is -2.56. The van der Waals surface area contributed by atoms with Gasteiger partial charge in [-0.05, 0) is 103 Å². The lowest BCUT2D eigenvalue weighted by Gasteiger charge is -2.43. The summed E-state index contributed by atoms with van der Waals surface area (Å²) in [5, 5.41) is 0.162. The van der Waals surface area contributed by atoms with Gasteiger partial charge in [0.25, 0.3) is 0 Å². The molecular weight excluding hydrogens is 561 g/mol. The summed E-state index contributed by atoms with van der Waals surface area (Å²) >= 11 is 0. The van der Waals surface area contributed by atoms with Crippen LogP contribution < -0.4 is 8.85 Å². The summed E-state index contributed by atoms with van der Waals surface area (Å²) in [4.78, 5) is 0. The number of ether oxygens (including phenoxy) is 1. The fourth-order valence-electron chi connectivity index (χ4n) is 5.76. The van der Waals surface area contributed by atoms with Crippen molar-refractivity contribution in [2.75, 3.05) is 7.11 Å². The third-order valence-electron chi connectivity index (χ3n) is 10.9. The SMILES string of the molecule is C=C(C)[C@@H]1CC/C(=C/OC)C[C@H]1c1c(O[Si](C)(C)C(C)(C)C)cc(C(C)(C)CCCCCC)cc1O[Si](C)(C)C(C)(C)C. The van der Waals surface area contributed by atoms with Gasteiger partial charge >= 0.3 is 0 Å². The Kier molecular flexibility index (Phi) is 12.6. The van der Waals surface area contributed by atoms with Crippen LogP contribution in [0.4, 0.5) is 0 Å². The van der Waals surface area contributed by atoms with Gasteiger partial charge in [-0.15, -0.1) is 0 Å². The maximum Gasteiger partial charge on any atom is 0.250 e. The first-order valence-electron chi connectivity index (χ1n) is 17.0. The van der Waals surface area contributed by atoms with Crippen molar-refractivity contribution < 1.29 is 13.6 Å². The van der Waals surface area contributed by atoms with Gasteiger partial charge in [-0.25, -0.2) is 0 Å². The van der Waals surface area contributed by atoms with Gasteiger partial charge in [-0.3, -0.25) is 0 Å². The zero-order valence-electron chi connectivity index (χ0n) is 31.0. The molecule has 1 aromatic carbocycles. The van der Waals surface area contributed by atoms with Crippen LogP contribution in [0.1, 0.15) is 138 Å². The van der Waals surface area contributed by atoms with Crippen LogP contribution in [0.2, 0.25) is 36.3 Å². The van der Waals surface area contributed by atoms with Crippen LogP contribution in [-0.4, -0.2) is 23.7 Å². The molecule has 1 aromatic rings. The molecule has 0 spiro atoms. The first-order chi connectivity index (χ1) is 19.6. The van der Waals surface area contributed by atoms with E-state index in [2.05, 4.69) is 114 Å². The van der Waals surface area contributed by atoms with Crippen LogP contribution in [0.3, 0.4) is 0 Å². The predicted octanol–water partition coefficient (Wildman–Crippen LogP) is 12.7. The van der Waals surface area contributed by atoms with Crippen LogP contribution >= 0.6 is 0 Å². The Morgan fingerprint density at radius 3 is 1.81 bits per heavy atom. The number of methoxy groups -OCH3 is 1. The molecule has 1 saturated carbocycles. The topological polar surface area (TPSA) is 27.7 Å². The smallest absolute Gasteiger partial charge is 0.250 e. The van der Waals surface area contributed by atoms with Crippen molar-refractivity contribution in [3.63, 3.8) is 0 Å². The average molecular weight is 629 g/mol. The summed E-state index contributed by atoms with van der Waals surface area (Å²) in [5.74, 6) is 2.70. The van der Waals surface area contributed by atoms with Crippen molar-refractivity contribution in [2.45, 2.75) is 168 Å². The zero-order chi connectivity index (χ0) is 33.0. The van der Waals surface area contributed by atoms with Gasteiger partial charge in [-0.1, -0.05) is 100 Å². The van der Waals surface area contributed by atoms with Gasteiger partial charge in [0, 0.05) is 11.5 Å². The van der Waals surface area contributed by atoms with Crippen molar-refractivity contribution in [1.29, 1.82) is 0 Å². The number of hydrogen-bond donors (Lipinski definition) is 0. The van der Waals surface area contributed by atoms with Gasteiger partial charge in [0.1, 0.15) is 11.5 Å². The van der Waals surface area contributed by atoms with Gasteiger partial charge in [0.15, 0.2) is 0 Å². The summed E-state index contributed by atoms with van der Waals surface area (Å²) in [6, 6.07) is 4.83. The number of hydrogen-bond acceptors (Lipinski definition) is 3. The second-order valence-electron chi connectivity index (χ2n) is 17.1. The quantitative estimate of drug-likeness (QED) is 0.0941. The van der Waals surface area contributed by atoms with Gasteiger partial charge < -0.3 is 13.6 Å². The van der Waals surface area contributed by atoms with Gasteiger partial charge in [-0.2, -0.15) is 0 Å². The van der Waals surface area contributed by atoms with E-state index in [9.17, 15) is 0 Å². The highest BCUT2D eigenvalue weighted by Gasteiger charge is 2.44. The average Bonchev–Trinajstić information content (AvgIpc) is 2.84. The first-order valence-corrected chi connectivity index (χ1v) is 22.8. The number of rotatable bonds is 13. The summed E-state index contributed by atoms with van der Waals surface area (Å²) in [6.45, 7) is 37.4. The van der Waals surface area contributed by atoms with Crippen LogP contribution in [0.15, 0.2) is 36.1 Å². The molecule has 246 valence electrons. The molecule has 0 saturated heterocycles. The molecule has 0 heterocycles. The first kappa shape index (κ1) is 37.7. The maximum atomic E-state index is 7.39. The highest BCUT2D eigenvalue weighted by atomic mass is 28.4. The van der Waals surface area contributed by atoms with Crippen LogP contribution in [-0.2, 0) is 10.2 Å². The van der Waals surface area contributed by atoms with Crippen LogP contribution in [0, 0.1) is 5.92 Å². The third kappa shape index (κ3) is 9.51. The van der Waals surface area contributed by atoms with E-state index < -0.39 is 16.6 Å². The molecule has 0 aliphatic heterocycles. The Morgan fingerprint density at radius 2 is 1.40 bits per heavy atom. The summed E-state index contributed by atoms with van der Waals surface area (Å²) < 4.78 is 20.3. The molecule has 43 heavy (non-hydrogen) atoms. The van der Waals surface area contributed by atoms with E-state index in [-0.39, 0.29) is 21.4 Å². The largest absolute Gasteiger partial charge is 0.543 e. The van der Waals surface area contributed by atoms with Crippen molar-refractivity contribution in [2.24, 2.45) is 5.92 Å². The molecule has 1 fully saturated rings. The van der Waals surface area contributed by atoms with Crippen molar-refractivity contribution >= 4 is 16.6 Å². The molecule has 0 N–H and O–H groups in total. The second kappa shape index (κ2) is 14.3. The highest BCUT2D eigenvalue weighted by Crippen LogP contribution is 2.53. The van der Waals surface area contributed by atoms with Gasteiger partial charge in [0.05, 0.1) is 13.4 Å². The molecule has 1 aliphatic rings. The Bertz CT molecular complexity index is 1070. The van der Waals surface area contributed by atoms with E-state index in [1.54, 1.807) is 7.11 Å². The van der Waals surface area contributed by atoms with E-state index in [0.29, 0.717) is 5.92 Å². The number of unbranched alkanes of at least 4 members (excludes halogenated alkanes) is 3. The fraction of sp³-hybridized carbons (Fsp3) is 0.737. The Balaban J connectivity index is 2.95. The standard InChI is InChI=1S/C38H68O3Si2/c1-17-18-19-20-23-38(10,11)30-25-33(40-42(13,14)36(4,5)6)35(34(26-30)41-43(15,16)37(7,8)9)32-24-29(27-39-12)21-22-31(32)28(2)3/h25-27,31-32H,2,17-24H2,1,3-16H3/b29-27-/t31-,32+/m0/s1. The van der Waals surface area contributed by atoms with E-state index in [4.69, 9.17) is 13.6 Å². The van der Waals surface area contributed by atoms with Crippen molar-refractivity contribution in [3.8, 4) is 11.5 Å². The van der Waals surface area contributed by atoms with Crippen LogP contribution in [0.25, 0.3) is 0 Å². The summed E-state index contributed by atoms with van der Waals surface area (Å²) in [5.41, 5.74) is 5.23. The Morgan fingerprint density at radius 1 is 0.884 bits per heavy atom. The zero-order valence-corrected chi connectivity index (χ0v) is 33.0. The fourth-order valence-corrected chi connectivity index (χ4v) is 7.81. The Labute approximate surface area is 269 Å². The minimum Gasteiger partial charge on any atom is -0.543 e. The maximum absolute atomic E-state index is 7.39. The third-order valence-corrected chi connectivity index (χ3v) is 19.6.